The Balaban J connectivity index is 1.69. The van der Waals surface area contributed by atoms with E-state index in [2.05, 4.69) is 0 Å². The van der Waals surface area contributed by atoms with Crippen LogP contribution >= 0.6 is 11.3 Å². The Morgan fingerprint density at radius 1 is 0.923 bits per heavy atom. The molecule has 8 heteroatoms. The van der Waals surface area contributed by atoms with Crippen LogP contribution in [0.5, 0.6) is 0 Å². The number of alkyl halides is 3. The van der Waals surface area contributed by atoms with Crippen LogP contribution in [0.25, 0.3) is 0 Å². The van der Waals surface area contributed by atoms with Crippen molar-refractivity contribution in [1.82, 2.24) is 9.80 Å². The number of carbonyl (C=O) groups is 2. The quantitative estimate of drug-likeness (QED) is 0.795. The molecule has 3 rings (SSSR count). The van der Waals surface area contributed by atoms with Crippen molar-refractivity contribution in [3.05, 3.63) is 57.3 Å². The van der Waals surface area contributed by atoms with Crippen molar-refractivity contribution in [1.29, 1.82) is 0 Å². The van der Waals surface area contributed by atoms with Crippen molar-refractivity contribution < 1.29 is 22.8 Å². The predicted molar refractivity (Wildman–Crippen MR) is 92.3 cm³/mol. The first-order valence-electron chi connectivity index (χ1n) is 8.08. The van der Waals surface area contributed by atoms with Crippen molar-refractivity contribution in [2.45, 2.75) is 13.1 Å². The Labute approximate surface area is 152 Å². The third-order valence-electron chi connectivity index (χ3n) is 4.27. The number of aryl methyl sites for hydroxylation is 1. The monoisotopic (exact) mass is 382 g/mol. The molecule has 1 fully saturated rings. The van der Waals surface area contributed by atoms with Gasteiger partial charge in [-0.15, -0.1) is 11.3 Å². The summed E-state index contributed by atoms with van der Waals surface area (Å²) >= 11 is 1.40. The number of rotatable bonds is 2. The van der Waals surface area contributed by atoms with Gasteiger partial charge >= 0.3 is 6.18 Å². The van der Waals surface area contributed by atoms with Gasteiger partial charge in [0.2, 0.25) is 0 Å². The summed E-state index contributed by atoms with van der Waals surface area (Å²) in [5.74, 6) is -0.761. The molecule has 0 spiro atoms. The van der Waals surface area contributed by atoms with E-state index in [4.69, 9.17) is 0 Å². The Hall–Kier alpha value is -2.35. The van der Waals surface area contributed by atoms with Crippen molar-refractivity contribution in [3.63, 3.8) is 0 Å². The molecule has 0 atom stereocenters. The van der Waals surface area contributed by atoms with Gasteiger partial charge < -0.3 is 9.80 Å². The molecule has 1 aliphatic rings. The molecule has 2 heterocycles. The Bertz CT molecular complexity index is 824. The molecule has 138 valence electrons. The highest BCUT2D eigenvalue weighted by Gasteiger charge is 2.36. The highest BCUT2D eigenvalue weighted by Crippen LogP contribution is 2.32. The maximum atomic E-state index is 13.1. The van der Waals surface area contributed by atoms with E-state index in [9.17, 15) is 22.8 Å². The Morgan fingerprint density at radius 2 is 1.50 bits per heavy atom. The van der Waals surface area contributed by atoms with E-state index in [1.54, 1.807) is 11.0 Å². The summed E-state index contributed by atoms with van der Waals surface area (Å²) in [6.07, 6.45) is -4.58. The molecular weight excluding hydrogens is 365 g/mol. The van der Waals surface area contributed by atoms with Crippen LogP contribution in [0.4, 0.5) is 13.2 Å². The minimum atomic E-state index is -4.58. The molecule has 0 radical (unpaired) electrons. The van der Waals surface area contributed by atoms with Gasteiger partial charge in [0.25, 0.3) is 11.8 Å². The number of amides is 2. The summed E-state index contributed by atoms with van der Waals surface area (Å²) < 4.78 is 39.3. The number of piperazine rings is 1. The standard InChI is InChI=1S/C18H17F3N2O2S/c1-12-6-7-15(26-12)17(25)23-10-8-22(9-11-23)16(24)13-4-2-3-5-14(13)18(19,20)21/h2-7H,8-11H2,1H3. The summed E-state index contributed by atoms with van der Waals surface area (Å²) in [4.78, 5) is 29.6. The lowest BCUT2D eigenvalue weighted by atomic mass is 10.1. The molecule has 26 heavy (non-hydrogen) atoms. The van der Waals surface area contributed by atoms with Crippen LogP contribution in [0.3, 0.4) is 0 Å². The molecular formula is C18H17F3N2O2S. The number of hydrogen-bond donors (Lipinski definition) is 0. The second-order valence-corrected chi connectivity index (χ2v) is 7.33. The number of carbonyl (C=O) groups excluding carboxylic acids is 2. The summed E-state index contributed by atoms with van der Waals surface area (Å²) in [5.41, 5.74) is -1.29. The molecule has 2 aromatic rings. The third kappa shape index (κ3) is 3.75. The lowest BCUT2D eigenvalue weighted by molar-refractivity contribution is -0.138. The smallest absolute Gasteiger partial charge is 0.335 e. The number of hydrogen-bond acceptors (Lipinski definition) is 3. The molecule has 0 aliphatic carbocycles. The van der Waals surface area contributed by atoms with E-state index in [1.807, 2.05) is 13.0 Å². The second-order valence-electron chi connectivity index (χ2n) is 6.04. The molecule has 1 saturated heterocycles. The molecule has 1 aliphatic heterocycles. The number of nitrogens with zero attached hydrogens (tertiary/aromatic N) is 2. The molecule has 4 nitrogen and oxygen atoms in total. The van der Waals surface area contributed by atoms with Gasteiger partial charge in [0.05, 0.1) is 16.0 Å². The van der Waals surface area contributed by atoms with Crippen LogP contribution in [-0.2, 0) is 6.18 Å². The number of thiophene rings is 1. The van der Waals surface area contributed by atoms with Crippen molar-refractivity contribution in [3.8, 4) is 0 Å². The van der Waals surface area contributed by atoms with Gasteiger partial charge in [-0.3, -0.25) is 9.59 Å². The average molecular weight is 382 g/mol. The fraction of sp³-hybridized carbons (Fsp3) is 0.333. The fourth-order valence-electron chi connectivity index (χ4n) is 2.91. The topological polar surface area (TPSA) is 40.6 Å². The molecule has 0 N–H and O–H groups in total. The Morgan fingerprint density at radius 3 is 2.04 bits per heavy atom. The van der Waals surface area contributed by atoms with Crippen molar-refractivity contribution >= 4 is 23.2 Å². The highest BCUT2D eigenvalue weighted by atomic mass is 32.1. The van der Waals surface area contributed by atoms with Gasteiger partial charge in [0, 0.05) is 31.1 Å². The van der Waals surface area contributed by atoms with Gasteiger partial charge in [0.15, 0.2) is 0 Å². The minimum absolute atomic E-state index is 0.106. The lowest BCUT2D eigenvalue weighted by Gasteiger charge is -2.35. The summed E-state index contributed by atoms with van der Waals surface area (Å²) in [6.45, 7) is 2.93. The average Bonchev–Trinajstić information content (AvgIpc) is 3.06. The number of benzene rings is 1. The van der Waals surface area contributed by atoms with E-state index >= 15 is 0 Å². The van der Waals surface area contributed by atoms with Crippen LogP contribution in [0, 0.1) is 6.92 Å². The number of halogens is 3. The summed E-state index contributed by atoms with van der Waals surface area (Å²) in [6, 6.07) is 8.41. The summed E-state index contributed by atoms with van der Waals surface area (Å²) in [7, 11) is 0. The first kappa shape index (κ1) is 18.4. The van der Waals surface area contributed by atoms with Gasteiger partial charge in [-0.1, -0.05) is 12.1 Å². The van der Waals surface area contributed by atoms with E-state index < -0.39 is 17.6 Å². The zero-order valence-corrected chi connectivity index (χ0v) is 14.9. The van der Waals surface area contributed by atoms with Crippen LogP contribution in [-0.4, -0.2) is 47.8 Å². The maximum absolute atomic E-state index is 13.1. The Kier molecular flexibility index (Phi) is 5.04. The molecule has 1 aromatic carbocycles. The third-order valence-corrected chi connectivity index (χ3v) is 5.26. The summed E-state index contributed by atoms with van der Waals surface area (Å²) in [5, 5.41) is 0. The lowest BCUT2D eigenvalue weighted by Crippen LogP contribution is -2.50. The molecule has 0 saturated carbocycles. The van der Waals surface area contributed by atoms with Gasteiger partial charge in [0.1, 0.15) is 0 Å². The van der Waals surface area contributed by atoms with Crippen LogP contribution in [0.15, 0.2) is 36.4 Å². The van der Waals surface area contributed by atoms with Gasteiger partial charge in [-0.05, 0) is 31.2 Å². The molecule has 0 bridgehead atoms. The van der Waals surface area contributed by atoms with Crippen LogP contribution < -0.4 is 0 Å². The SMILES string of the molecule is Cc1ccc(C(=O)N2CCN(C(=O)c3ccccc3C(F)(F)F)CC2)s1. The zero-order chi connectivity index (χ0) is 18.9. The maximum Gasteiger partial charge on any atom is 0.417 e. The first-order valence-corrected chi connectivity index (χ1v) is 8.90. The largest absolute Gasteiger partial charge is 0.417 e. The van der Waals surface area contributed by atoms with Crippen molar-refractivity contribution in [2.75, 3.05) is 26.2 Å². The van der Waals surface area contributed by atoms with E-state index in [-0.39, 0.29) is 24.6 Å². The zero-order valence-electron chi connectivity index (χ0n) is 14.0. The van der Waals surface area contributed by atoms with Crippen LogP contribution in [0.1, 0.15) is 30.5 Å². The van der Waals surface area contributed by atoms with Gasteiger partial charge in [-0.2, -0.15) is 13.2 Å². The molecule has 1 aromatic heterocycles. The highest BCUT2D eigenvalue weighted by molar-refractivity contribution is 7.13. The van der Waals surface area contributed by atoms with E-state index in [0.29, 0.717) is 18.0 Å². The molecule has 2 amide bonds. The fourth-order valence-corrected chi connectivity index (χ4v) is 3.74. The molecule has 0 unspecified atom stereocenters. The van der Waals surface area contributed by atoms with Crippen LogP contribution in [0.2, 0.25) is 0 Å². The van der Waals surface area contributed by atoms with Gasteiger partial charge in [-0.25, -0.2) is 0 Å². The normalized spacial score (nSPS) is 15.2. The second kappa shape index (κ2) is 7.11. The van der Waals surface area contributed by atoms with Crippen molar-refractivity contribution in [2.24, 2.45) is 0 Å². The van der Waals surface area contributed by atoms with E-state index in [0.717, 1.165) is 10.9 Å². The van der Waals surface area contributed by atoms with E-state index in [1.165, 1.54) is 34.4 Å². The minimum Gasteiger partial charge on any atom is -0.335 e. The predicted octanol–water partition coefficient (Wildman–Crippen LogP) is 3.67. The first-order chi connectivity index (χ1) is 12.3.